The third kappa shape index (κ3) is 2.15. The van der Waals surface area contributed by atoms with E-state index in [0.29, 0.717) is 0 Å². The van der Waals surface area contributed by atoms with Crippen molar-refractivity contribution in [2.75, 3.05) is 12.8 Å². The summed E-state index contributed by atoms with van der Waals surface area (Å²) in [6.45, 7) is 6.21. The van der Waals surface area contributed by atoms with Crippen LogP contribution >= 0.6 is 35.5 Å². The maximum Gasteiger partial charge on any atom is 0.263 e. The summed E-state index contributed by atoms with van der Waals surface area (Å²) in [5, 5.41) is 1.78. The summed E-state index contributed by atoms with van der Waals surface area (Å²) in [6, 6.07) is 0. The zero-order valence-electron chi connectivity index (χ0n) is 12.3. The van der Waals surface area contributed by atoms with E-state index < -0.39 is 0 Å². The molecule has 0 spiro atoms. The molecule has 4 rings (SSSR count). The van der Waals surface area contributed by atoms with E-state index in [0.717, 1.165) is 40.6 Å². The normalized spacial score (nSPS) is 20.1. The van der Waals surface area contributed by atoms with Gasteiger partial charge in [-0.3, -0.25) is 14.3 Å². The maximum atomic E-state index is 12.7. The highest BCUT2D eigenvalue weighted by Crippen LogP contribution is 2.38. The molecule has 0 bridgehead atoms. The van der Waals surface area contributed by atoms with Crippen LogP contribution in [0.5, 0.6) is 0 Å². The van der Waals surface area contributed by atoms with Crippen LogP contribution in [-0.4, -0.2) is 32.8 Å². The fraction of sp³-hybridized carbons (Fsp3) is 0.571. The van der Waals surface area contributed by atoms with Crippen molar-refractivity contribution in [1.82, 2.24) is 14.5 Å². The van der Waals surface area contributed by atoms with E-state index in [-0.39, 0.29) is 23.5 Å². The Morgan fingerprint density at radius 3 is 2.86 bits per heavy atom. The summed E-state index contributed by atoms with van der Waals surface area (Å²) in [7, 11) is 2.16. The molecule has 0 aliphatic carbocycles. The van der Waals surface area contributed by atoms with Crippen molar-refractivity contribution in [3.05, 3.63) is 20.8 Å². The Morgan fingerprint density at radius 2 is 2.10 bits per heavy atom. The van der Waals surface area contributed by atoms with Crippen molar-refractivity contribution in [2.24, 2.45) is 0 Å². The van der Waals surface area contributed by atoms with Gasteiger partial charge >= 0.3 is 0 Å². The topological polar surface area (TPSA) is 38.1 Å². The van der Waals surface area contributed by atoms with Gasteiger partial charge in [-0.05, 0) is 32.9 Å². The van der Waals surface area contributed by atoms with Gasteiger partial charge in [0.15, 0.2) is 5.16 Å². The van der Waals surface area contributed by atoms with E-state index in [1.165, 1.54) is 10.4 Å². The molecule has 0 aromatic carbocycles. The average Bonchev–Trinajstić information content (AvgIpc) is 2.94. The van der Waals surface area contributed by atoms with E-state index in [1.54, 1.807) is 23.1 Å². The molecule has 2 aliphatic heterocycles. The van der Waals surface area contributed by atoms with E-state index in [9.17, 15) is 4.79 Å². The summed E-state index contributed by atoms with van der Waals surface area (Å²) in [5.74, 6) is 0.968. The molecule has 4 nitrogen and oxygen atoms in total. The monoisotopic (exact) mass is 343 g/mol. The number of fused-ring (bicyclic) bond motifs is 4. The van der Waals surface area contributed by atoms with Gasteiger partial charge in [0.25, 0.3) is 5.56 Å². The van der Waals surface area contributed by atoms with Crippen LogP contribution in [0.15, 0.2) is 9.95 Å². The first-order valence-corrected chi connectivity index (χ1v) is 8.67. The summed E-state index contributed by atoms with van der Waals surface area (Å²) in [5.41, 5.74) is 1.52. The maximum absolute atomic E-state index is 12.7. The van der Waals surface area contributed by atoms with Crippen LogP contribution in [0.4, 0.5) is 0 Å². The predicted octanol–water partition coefficient (Wildman–Crippen LogP) is 2.75. The first-order valence-electron chi connectivity index (χ1n) is 6.86. The second kappa shape index (κ2) is 4.98. The highest BCUT2D eigenvalue weighted by atomic mass is 35.5. The van der Waals surface area contributed by atoms with Crippen LogP contribution in [0.2, 0.25) is 0 Å². The van der Waals surface area contributed by atoms with Crippen LogP contribution < -0.4 is 5.56 Å². The van der Waals surface area contributed by atoms with E-state index >= 15 is 0 Å². The van der Waals surface area contributed by atoms with Crippen molar-refractivity contribution in [2.45, 2.75) is 44.1 Å². The van der Waals surface area contributed by atoms with Gasteiger partial charge in [0.05, 0.1) is 5.39 Å². The molecule has 4 heterocycles. The molecule has 2 aromatic heterocycles. The molecule has 0 amide bonds. The van der Waals surface area contributed by atoms with Gasteiger partial charge in [-0.25, -0.2) is 4.98 Å². The zero-order chi connectivity index (χ0) is 14.1. The average molecular weight is 344 g/mol. The van der Waals surface area contributed by atoms with E-state index in [1.807, 2.05) is 4.57 Å². The van der Waals surface area contributed by atoms with Crippen molar-refractivity contribution >= 4 is 45.7 Å². The second-order valence-electron chi connectivity index (χ2n) is 6.23. The number of thiophene rings is 1. The molecule has 0 N–H and O–H groups in total. The third-order valence-corrected chi connectivity index (χ3v) is 6.60. The summed E-state index contributed by atoms with van der Waals surface area (Å²) < 4.78 is 1.85. The summed E-state index contributed by atoms with van der Waals surface area (Å²) in [6.07, 6.45) is 0.933. The van der Waals surface area contributed by atoms with Crippen molar-refractivity contribution < 1.29 is 0 Å². The number of hydrogen-bond donors (Lipinski definition) is 0. The molecule has 2 aliphatic rings. The Morgan fingerprint density at radius 1 is 1.33 bits per heavy atom. The fourth-order valence-electron chi connectivity index (χ4n) is 3.01. The number of thioether (sulfide) groups is 1. The van der Waals surface area contributed by atoms with Gasteiger partial charge < -0.3 is 0 Å². The number of nitrogens with zero attached hydrogens (tertiary/aromatic N) is 3. The van der Waals surface area contributed by atoms with Crippen molar-refractivity contribution in [3.63, 3.8) is 0 Å². The Labute approximate surface area is 138 Å². The lowest BCUT2D eigenvalue weighted by Crippen LogP contribution is -2.45. The smallest absolute Gasteiger partial charge is 0.263 e. The number of hydrogen-bond acceptors (Lipinski definition) is 5. The van der Waals surface area contributed by atoms with Crippen LogP contribution in [-0.2, 0) is 19.5 Å². The number of likely N-dealkylation sites (N-methyl/N-ethyl adjacent to an activating group) is 1. The first kappa shape index (κ1) is 15.3. The molecule has 7 heteroatoms. The minimum atomic E-state index is 0. The quantitative estimate of drug-likeness (QED) is 0.689. The van der Waals surface area contributed by atoms with Crippen LogP contribution in [0.1, 0.15) is 24.3 Å². The van der Waals surface area contributed by atoms with E-state index in [4.69, 9.17) is 4.98 Å². The van der Waals surface area contributed by atoms with E-state index in [2.05, 4.69) is 25.8 Å². The molecule has 114 valence electrons. The van der Waals surface area contributed by atoms with Gasteiger partial charge in [-0.2, -0.15) is 0 Å². The number of halogens is 1. The van der Waals surface area contributed by atoms with Gasteiger partial charge in [0.1, 0.15) is 4.83 Å². The minimum Gasteiger partial charge on any atom is -0.296 e. The molecule has 0 saturated carbocycles. The molecule has 0 fully saturated rings. The predicted molar refractivity (Wildman–Crippen MR) is 91.1 cm³/mol. The van der Waals surface area contributed by atoms with Crippen LogP contribution in [0, 0.1) is 0 Å². The van der Waals surface area contributed by atoms with Gasteiger partial charge in [0, 0.05) is 29.3 Å². The van der Waals surface area contributed by atoms with Gasteiger partial charge in [-0.15, -0.1) is 23.7 Å². The molecule has 2 aromatic rings. The Hall–Kier alpha value is -0.560. The first-order chi connectivity index (χ1) is 9.47. The Balaban J connectivity index is 0.00000132. The standard InChI is InChI=1S/C14H17N3OS2.ClH/c1-14(2)6-8-9(7-16(14)3)20-11-10(8)12(18)17-4-5-19-13(17)15-11;/h4-7H2,1-3H3;1H. The lowest BCUT2D eigenvalue weighted by atomic mass is 9.88. The lowest BCUT2D eigenvalue weighted by molar-refractivity contribution is 0.136. The van der Waals surface area contributed by atoms with Gasteiger partial charge in [-0.1, -0.05) is 11.8 Å². The second-order valence-corrected chi connectivity index (χ2v) is 8.37. The zero-order valence-corrected chi connectivity index (χ0v) is 14.8. The molecule has 0 unspecified atom stereocenters. The summed E-state index contributed by atoms with van der Waals surface area (Å²) >= 11 is 3.40. The Bertz CT molecular complexity index is 781. The van der Waals surface area contributed by atoms with Gasteiger partial charge in [0.2, 0.25) is 0 Å². The third-order valence-electron chi connectivity index (χ3n) is 4.53. The Kier molecular flexibility index (Phi) is 3.64. The number of rotatable bonds is 0. The number of aromatic nitrogens is 2. The molecule has 0 saturated heterocycles. The molecule has 0 atom stereocenters. The van der Waals surface area contributed by atoms with Crippen molar-refractivity contribution in [1.29, 1.82) is 0 Å². The van der Waals surface area contributed by atoms with Crippen LogP contribution in [0.3, 0.4) is 0 Å². The molecule has 21 heavy (non-hydrogen) atoms. The highest BCUT2D eigenvalue weighted by Gasteiger charge is 2.34. The summed E-state index contributed by atoms with van der Waals surface area (Å²) in [4.78, 5) is 22.1. The minimum absolute atomic E-state index is 0. The molecule has 0 radical (unpaired) electrons. The lowest BCUT2D eigenvalue weighted by Gasteiger charge is -2.39. The largest absolute Gasteiger partial charge is 0.296 e. The SMILES string of the molecule is CN1Cc2sc3nc4n(c(=O)c3c2CC1(C)C)CCS4.Cl. The van der Waals surface area contributed by atoms with Crippen molar-refractivity contribution in [3.8, 4) is 0 Å². The van der Waals surface area contributed by atoms with Crippen LogP contribution in [0.25, 0.3) is 10.2 Å². The fourth-order valence-corrected chi connectivity index (χ4v) is 5.25. The molecular formula is C14H18ClN3OS2. The highest BCUT2D eigenvalue weighted by molar-refractivity contribution is 7.99. The molecular weight excluding hydrogens is 326 g/mol.